The van der Waals surface area contributed by atoms with E-state index in [-0.39, 0.29) is 17.5 Å². The van der Waals surface area contributed by atoms with Gasteiger partial charge in [-0.15, -0.1) is 0 Å². The Morgan fingerprint density at radius 1 is 0.963 bits per heavy atom. The largest absolute Gasteiger partial charge is 0.519 e. The molecule has 0 saturated heterocycles. The summed E-state index contributed by atoms with van der Waals surface area (Å²) in [7, 11) is -1.71. The zero-order valence-electron chi connectivity index (χ0n) is 19.5. The highest BCUT2D eigenvalue weighted by molar-refractivity contribution is 6.76. The molecule has 0 saturated carbocycles. The number of hydrogen-bond acceptors (Lipinski definition) is 3. The third kappa shape index (κ3) is 11.5. The molecule has 0 aromatic heterocycles. The van der Waals surface area contributed by atoms with Gasteiger partial charge in [-0.05, 0) is 44.4 Å². The Balaban J connectivity index is 5.06. The van der Waals surface area contributed by atoms with Gasteiger partial charge in [0.25, 0.3) is 14.3 Å². The molecule has 2 atom stereocenters. The van der Waals surface area contributed by atoms with Gasteiger partial charge in [0.05, 0.1) is 5.92 Å². The Hall–Kier alpha value is -0.136. The molecule has 160 valence electrons. The number of unbranched alkanes of at least 4 members (excludes halogenated alkanes) is 4. The van der Waals surface area contributed by atoms with Crippen LogP contribution in [0.2, 0.25) is 23.7 Å². The summed E-state index contributed by atoms with van der Waals surface area (Å²) >= 11 is 0. The van der Waals surface area contributed by atoms with Crippen LogP contribution in [0.4, 0.5) is 0 Å². The summed E-state index contributed by atoms with van der Waals surface area (Å²) < 4.78 is 12.3. The average molecular weight is 415 g/mol. The highest BCUT2D eigenvalue weighted by Crippen LogP contribution is 2.37. The first-order valence-corrected chi connectivity index (χ1v) is 14.8. The van der Waals surface area contributed by atoms with Crippen LogP contribution in [0.5, 0.6) is 0 Å². The van der Waals surface area contributed by atoms with Crippen LogP contribution in [-0.4, -0.2) is 29.7 Å². The van der Waals surface area contributed by atoms with E-state index < -0.39 is 8.32 Å². The second-order valence-corrected chi connectivity index (χ2v) is 14.4. The first-order valence-electron chi connectivity index (χ1n) is 11.3. The van der Waals surface area contributed by atoms with E-state index >= 15 is 0 Å². The Bertz CT molecular complexity index is 384. The molecule has 0 fully saturated rings. The summed E-state index contributed by atoms with van der Waals surface area (Å²) in [4.78, 5) is 13.0. The quantitative estimate of drug-likeness (QED) is 0.211. The predicted octanol–water partition coefficient (Wildman–Crippen LogP) is 7.14. The van der Waals surface area contributed by atoms with Crippen LogP contribution in [0.3, 0.4) is 0 Å². The highest BCUT2D eigenvalue weighted by atomic mass is 28.4. The van der Waals surface area contributed by atoms with Crippen molar-refractivity contribution in [2.75, 3.05) is 0 Å². The third-order valence-corrected chi connectivity index (χ3v) is 12.1. The van der Waals surface area contributed by atoms with E-state index in [1.165, 1.54) is 38.5 Å². The normalized spacial score (nSPS) is 14.8. The fraction of sp³-hybridized carbons (Fsp3) is 0.955. The molecular weight excluding hydrogens is 368 g/mol. The van der Waals surface area contributed by atoms with E-state index in [2.05, 4.69) is 48.5 Å². The minimum Gasteiger partial charge on any atom is -0.519 e. The van der Waals surface area contributed by atoms with Crippen LogP contribution in [-0.2, 0) is 13.6 Å². The van der Waals surface area contributed by atoms with Crippen molar-refractivity contribution in [3.05, 3.63) is 0 Å². The van der Waals surface area contributed by atoms with Gasteiger partial charge in [0.2, 0.25) is 9.76 Å². The lowest BCUT2D eigenvalue weighted by Crippen LogP contribution is -2.45. The van der Waals surface area contributed by atoms with Crippen molar-refractivity contribution in [1.82, 2.24) is 0 Å². The number of hydrogen-bond donors (Lipinski definition) is 0. The van der Waals surface area contributed by atoms with Gasteiger partial charge in [-0.3, -0.25) is 4.79 Å². The molecule has 0 aromatic rings. The molecule has 0 amide bonds. The van der Waals surface area contributed by atoms with Crippen molar-refractivity contribution in [1.29, 1.82) is 0 Å². The van der Waals surface area contributed by atoms with Gasteiger partial charge < -0.3 is 8.85 Å². The van der Waals surface area contributed by atoms with Crippen LogP contribution in [0.15, 0.2) is 0 Å². The van der Waals surface area contributed by atoms with Crippen LogP contribution in [0.25, 0.3) is 0 Å². The van der Waals surface area contributed by atoms with Gasteiger partial charge in [-0.2, -0.15) is 0 Å². The van der Waals surface area contributed by atoms with Gasteiger partial charge in [0.1, 0.15) is 0 Å². The minimum absolute atomic E-state index is 0.0278. The Kier molecular flexibility index (Phi) is 13.9. The van der Waals surface area contributed by atoms with Gasteiger partial charge >= 0.3 is 0 Å². The van der Waals surface area contributed by atoms with E-state index in [0.717, 1.165) is 24.6 Å². The molecule has 0 aliphatic heterocycles. The molecule has 0 heterocycles. The van der Waals surface area contributed by atoms with Crippen molar-refractivity contribution in [3.63, 3.8) is 0 Å². The smallest absolute Gasteiger partial charge is 0.295 e. The topological polar surface area (TPSA) is 35.5 Å². The average Bonchev–Trinajstić information content (AvgIpc) is 2.59. The maximum atomic E-state index is 13.0. The zero-order chi connectivity index (χ0) is 20.9. The lowest BCUT2D eigenvalue weighted by Gasteiger charge is -2.37. The summed E-state index contributed by atoms with van der Waals surface area (Å²) in [6.45, 7) is 17.3. The van der Waals surface area contributed by atoms with Crippen molar-refractivity contribution in [2.24, 2.45) is 5.92 Å². The second kappa shape index (κ2) is 13.9. The van der Waals surface area contributed by atoms with Gasteiger partial charge in [0.15, 0.2) is 0 Å². The lowest BCUT2D eigenvalue weighted by atomic mass is 10.2. The molecular formula is C22H46O3Si2. The third-order valence-electron chi connectivity index (χ3n) is 5.39. The summed E-state index contributed by atoms with van der Waals surface area (Å²) in [5, 5.41) is 0. The Morgan fingerprint density at radius 2 is 1.48 bits per heavy atom. The molecule has 3 nitrogen and oxygen atoms in total. The van der Waals surface area contributed by atoms with E-state index in [1.54, 1.807) is 0 Å². The number of rotatable bonds is 15. The van der Waals surface area contributed by atoms with E-state index in [9.17, 15) is 4.79 Å². The van der Waals surface area contributed by atoms with Crippen LogP contribution < -0.4 is 0 Å². The molecule has 0 rings (SSSR count). The van der Waals surface area contributed by atoms with Gasteiger partial charge in [-0.1, -0.05) is 79.6 Å². The molecule has 0 spiro atoms. The fourth-order valence-electron chi connectivity index (χ4n) is 3.31. The summed E-state index contributed by atoms with van der Waals surface area (Å²) in [5.41, 5.74) is 0.396. The molecule has 27 heavy (non-hydrogen) atoms. The number of carbonyl (C=O) groups is 1. The van der Waals surface area contributed by atoms with Crippen LogP contribution >= 0.6 is 0 Å². The highest BCUT2D eigenvalue weighted by Gasteiger charge is 2.43. The molecule has 2 unspecified atom stereocenters. The van der Waals surface area contributed by atoms with Gasteiger partial charge in [0, 0.05) is 5.60 Å². The monoisotopic (exact) mass is 414 g/mol. The minimum atomic E-state index is -2.06. The number of carbonyl (C=O) groups excluding carboxylic acids is 1. The van der Waals surface area contributed by atoms with Crippen LogP contribution in [0, 0.1) is 5.92 Å². The van der Waals surface area contributed by atoms with E-state index in [0.29, 0.717) is 15.3 Å². The SMILES string of the molecule is CCCCC[Si](CCCCC)(OC(=O)C(C)C[Si]OC(C)(C)C)C(C)CC. The molecule has 0 aliphatic rings. The second-order valence-electron chi connectivity index (χ2n) is 9.17. The molecule has 0 aromatic carbocycles. The first kappa shape index (κ1) is 26.9. The molecule has 0 aliphatic carbocycles. The van der Waals surface area contributed by atoms with Crippen molar-refractivity contribution in [2.45, 2.75) is 130 Å². The van der Waals surface area contributed by atoms with Crippen LogP contribution in [0.1, 0.15) is 100 Å². The molecule has 0 N–H and O–H groups in total. The maximum absolute atomic E-state index is 13.0. The molecule has 2 radical (unpaired) electrons. The van der Waals surface area contributed by atoms with Crippen molar-refractivity contribution < 1.29 is 13.6 Å². The molecule has 0 bridgehead atoms. The van der Waals surface area contributed by atoms with Crippen molar-refractivity contribution in [3.8, 4) is 0 Å². The fourth-order valence-corrected chi connectivity index (χ4v) is 8.93. The Morgan fingerprint density at radius 3 is 1.89 bits per heavy atom. The predicted molar refractivity (Wildman–Crippen MR) is 121 cm³/mol. The summed E-state index contributed by atoms with van der Waals surface area (Å²) in [6.07, 6.45) is 8.44. The van der Waals surface area contributed by atoms with Crippen molar-refractivity contribution >= 4 is 24.0 Å². The lowest BCUT2D eigenvalue weighted by molar-refractivity contribution is -0.139. The maximum Gasteiger partial charge on any atom is 0.295 e. The summed E-state index contributed by atoms with van der Waals surface area (Å²) in [6, 6.07) is 3.04. The standard InChI is InChI=1S/C22H46O3Si2/c1-9-12-14-16-27(20(5)11-3,17-15-13-10-2)24-21(23)19(4)18-26-25-22(6,7)8/h19-20H,9-18H2,1-8H3. The molecule has 5 heteroatoms. The first-order chi connectivity index (χ1) is 12.6. The van der Waals surface area contributed by atoms with Gasteiger partial charge in [-0.25, -0.2) is 0 Å². The Labute approximate surface area is 173 Å². The summed E-state index contributed by atoms with van der Waals surface area (Å²) in [5.74, 6) is -0.0427. The van der Waals surface area contributed by atoms with E-state index in [1.807, 2.05) is 6.92 Å². The van der Waals surface area contributed by atoms with E-state index in [4.69, 9.17) is 8.85 Å². The zero-order valence-corrected chi connectivity index (χ0v) is 21.5.